The van der Waals surface area contributed by atoms with Gasteiger partial charge in [-0.15, -0.1) is 0 Å². The van der Waals surface area contributed by atoms with Gasteiger partial charge in [-0.3, -0.25) is 4.79 Å². The van der Waals surface area contributed by atoms with E-state index >= 15 is 0 Å². The number of ether oxygens (including phenoxy) is 4. The summed E-state index contributed by atoms with van der Waals surface area (Å²) in [6.07, 6.45) is 1.70. The van der Waals surface area contributed by atoms with Crippen molar-refractivity contribution in [2.75, 3.05) is 26.9 Å². The Morgan fingerprint density at radius 3 is 2.66 bits per heavy atom. The number of likely N-dealkylation sites (tertiary alicyclic amines) is 1. The smallest absolute Gasteiger partial charge is 0.387 e. The minimum Gasteiger partial charge on any atom is -0.493 e. The standard InChI is InChI=1S/C21H21F2NO5/c1-26-18-12-14(5-7-17(18)29-21(22)23)20(25)24-8-2-3-15(24)13-4-6-16-19(11-13)28-10-9-27-16/h4-7,11-12,15,21H,2-3,8-10H2,1H3/t15-/m0/s1. The molecule has 0 aliphatic carbocycles. The van der Waals surface area contributed by atoms with Crippen molar-refractivity contribution in [2.45, 2.75) is 25.5 Å². The molecule has 1 atom stereocenters. The Morgan fingerprint density at radius 2 is 1.90 bits per heavy atom. The Balaban J connectivity index is 1.58. The zero-order chi connectivity index (χ0) is 20.4. The number of halogens is 2. The highest BCUT2D eigenvalue weighted by molar-refractivity contribution is 5.95. The highest BCUT2D eigenvalue weighted by Gasteiger charge is 2.32. The summed E-state index contributed by atoms with van der Waals surface area (Å²) in [4.78, 5) is 14.9. The Hall–Kier alpha value is -3.03. The van der Waals surface area contributed by atoms with Crippen LogP contribution in [0, 0.1) is 0 Å². The molecule has 1 fully saturated rings. The SMILES string of the molecule is COc1cc(C(=O)N2CCC[C@H]2c2ccc3c(c2)OCCO3)ccc1OC(F)F. The fourth-order valence-electron chi connectivity index (χ4n) is 3.78. The number of carbonyl (C=O) groups is 1. The van der Waals surface area contributed by atoms with Crippen molar-refractivity contribution in [1.29, 1.82) is 0 Å². The Morgan fingerprint density at radius 1 is 1.10 bits per heavy atom. The number of benzene rings is 2. The van der Waals surface area contributed by atoms with Gasteiger partial charge in [0.05, 0.1) is 13.2 Å². The average molecular weight is 405 g/mol. The summed E-state index contributed by atoms with van der Waals surface area (Å²) in [7, 11) is 1.34. The van der Waals surface area contributed by atoms with Gasteiger partial charge in [0.25, 0.3) is 5.91 Å². The summed E-state index contributed by atoms with van der Waals surface area (Å²) < 4.78 is 45.8. The van der Waals surface area contributed by atoms with Gasteiger partial charge in [-0.1, -0.05) is 6.07 Å². The lowest BCUT2D eigenvalue weighted by Gasteiger charge is -2.27. The van der Waals surface area contributed by atoms with Gasteiger partial charge in [-0.2, -0.15) is 8.78 Å². The normalized spacial score (nSPS) is 18.1. The number of hydrogen-bond acceptors (Lipinski definition) is 5. The molecule has 2 aromatic rings. The van der Waals surface area contributed by atoms with Crippen LogP contribution in [0.15, 0.2) is 36.4 Å². The van der Waals surface area contributed by atoms with Crippen LogP contribution in [0.3, 0.4) is 0 Å². The summed E-state index contributed by atoms with van der Waals surface area (Å²) in [5.74, 6) is 1.18. The number of fused-ring (bicyclic) bond motifs is 1. The van der Waals surface area contributed by atoms with E-state index in [1.54, 1.807) is 4.90 Å². The molecule has 8 heteroatoms. The summed E-state index contributed by atoms with van der Waals surface area (Å²) in [5.41, 5.74) is 1.33. The number of rotatable bonds is 5. The molecule has 0 N–H and O–H groups in total. The van der Waals surface area contributed by atoms with E-state index in [2.05, 4.69) is 4.74 Å². The van der Waals surface area contributed by atoms with Crippen LogP contribution in [0.25, 0.3) is 0 Å². The van der Waals surface area contributed by atoms with Gasteiger partial charge in [-0.25, -0.2) is 0 Å². The van der Waals surface area contributed by atoms with Crippen LogP contribution in [0.2, 0.25) is 0 Å². The molecule has 4 rings (SSSR count). The van der Waals surface area contributed by atoms with Crippen LogP contribution in [0.1, 0.15) is 34.8 Å². The lowest BCUT2D eigenvalue weighted by atomic mass is 10.0. The molecular formula is C21H21F2NO5. The highest BCUT2D eigenvalue weighted by atomic mass is 19.3. The van der Waals surface area contributed by atoms with Gasteiger partial charge in [0.1, 0.15) is 13.2 Å². The van der Waals surface area contributed by atoms with E-state index in [0.29, 0.717) is 36.8 Å². The lowest BCUT2D eigenvalue weighted by Crippen LogP contribution is -2.30. The molecule has 154 valence electrons. The Labute approximate surface area is 166 Å². The number of hydrogen-bond donors (Lipinski definition) is 0. The predicted molar refractivity (Wildman–Crippen MR) is 100 cm³/mol. The molecule has 1 saturated heterocycles. The molecule has 0 saturated carbocycles. The molecule has 2 aliphatic rings. The number of nitrogens with zero attached hydrogens (tertiary/aromatic N) is 1. The topological polar surface area (TPSA) is 57.2 Å². The monoisotopic (exact) mass is 405 g/mol. The maximum Gasteiger partial charge on any atom is 0.387 e. The van der Waals surface area contributed by atoms with Crippen LogP contribution < -0.4 is 18.9 Å². The van der Waals surface area contributed by atoms with Crippen molar-refractivity contribution < 1.29 is 32.5 Å². The lowest BCUT2D eigenvalue weighted by molar-refractivity contribution is -0.0512. The molecule has 29 heavy (non-hydrogen) atoms. The summed E-state index contributed by atoms with van der Waals surface area (Å²) in [5, 5.41) is 0. The van der Waals surface area contributed by atoms with Gasteiger partial charge in [0.15, 0.2) is 23.0 Å². The highest BCUT2D eigenvalue weighted by Crippen LogP contribution is 2.39. The fraction of sp³-hybridized carbons (Fsp3) is 0.381. The van der Waals surface area contributed by atoms with E-state index in [1.807, 2.05) is 18.2 Å². The molecule has 0 unspecified atom stereocenters. The molecule has 0 radical (unpaired) electrons. The van der Waals surface area contributed by atoms with Gasteiger partial charge in [-0.05, 0) is 48.7 Å². The summed E-state index contributed by atoms with van der Waals surface area (Å²) >= 11 is 0. The van der Waals surface area contributed by atoms with Gasteiger partial charge in [0.2, 0.25) is 0 Å². The van der Waals surface area contributed by atoms with Crippen molar-refractivity contribution in [2.24, 2.45) is 0 Å². The predicted octanol–water partition coefficient (Wildman–Crippen LogP) is 4.05. The fourth-order valence-corrected chi connectivity index (χ4v) is 3.78. The first kappa shape index (κ1) is 19.3. The molecule has 2 aliphatic heterocycles. The summed E-state index contributed by atoms with van der Waals surface area (Å²) in [6, 6.07) is 9.87. The minimum atomic E-state index is -2.97. The largest absolute Gasteiger partial charge is 0.493 e. The van der Waals surface area contributed by atoms with E-state index in [-0.39, 0.29) is 23.4 Å². The summed E-state index contributed by atoms with van der Waals surface area (Å²) in [6.45, 7) is -1.34. The zero-order valence-corrected chi connectivity index (χ0v) is 15.9. The molecule has 6 nitrogen and oxygen atoms in total. The molecule has 0 spiro atoms. The first-order valence-electron chi connectivity index (χ1n) is 9.40. The second-order valence-corrected chi connectivity index (χ2v) is 6.80. The third-order valence-electron chi connectivity index (χ3n) is 5.09. The second kappa shape index (κ2) is 8.14. The van der Waals surface area contributed by atoms with Gasteiger partial charge < -0.3 is 23.8 Å². The van der Waals surface area contributed by atoms with E-state index in [0.717, 1.165) is 18.4 Å². The molecular weight excluding hydrogens is 384 g/mol. The van der Waals surface area contributed by atoms with Crippen LogP contribution in [-0.2, 0) is 0 Å². The van der Waals surface area contributed by atoms with E-state index in [9.17, 15) is 13.6 Å². The van der Waals surface area contributed by atoms with Gasteiger partial charge >= 0.3 is 6.61 Å². The number of carbonyl (C=O) groups excluding carboxylic acids is 1. The van der Waals surface area contributed by atoms with Crippen molar-refractivity contribution in [3.8, 4) is 23.0 Å². The van der Waals surface area contributed by atoms with E-state index in [1.165, 1.54) is 25.3 Å². The number of methoxy groups -OCH3 is 1. The van der Waals surface area contributed by atoms with E-state index in [4.69, 9.17) is 14.2 Å². The van der Waals surface area contributed by atoms with Crippen molar-refractivity contribution in [3.63, 3.8) is 0 Å². The molecule has 0 aromatic heterocycles. The quantitative estimate of drug-likeness (QED) is 0.751. The van der Waals surface area contributed by atoms with Crippen molar-refractivity contribution in [3.05, 3.63) is 47.5 Å². The van der Waals surface area contributed by atoms with Crippen LogP contribution in [-0.4, -0.2) is 44.3 Å². The maximum atomic E-state index is 13.1. The number of amides is 1. The van der Waals surface area contributed by atoms with Crippen molar-refractivity contribution >= 4 is 5.91 Å². The third kappa shape index (κ3) is 3.92. The molecule has 2 aromatic carbocycles. The first-order chi connectivity index (χ1) is 14.1. The Kier molecular flexibility index (Phi) is 5.42. The van der Waals surface area contributed by atoms with Crippen LogP contribution in [0.4, 0.5) is 8.78 Å². The molecule has 0 bridgehead atoms. The molecule has 1 amide bonds. The van der Waals surface area contributed by atoms with Crippen LogP contribution in [0.5, 0.6) is 23.0 Å². The molecule has 2 heterocycles. The van der Waals surface area contributed by atoms with E-state index < -0.39 is 6.61 Å². The van der Waals surface area contributed by atoms with Crippen molar-refractivity contribution in [1.82, 2.24) is 4.90 Å². The first-order valence-corrected chi connectivity index (χ1v) is 9.40. The maximum absolute atomic E-state index is 13.1. The average Bonchev–Trinajstić information content (AvgIpc) is 3.22. The second-order valence-electron chi connectivity index (χ2n) is 6.80. The Bertz CT molecular complexity index is 905. The number of alkyl halides is 2. The third-order valence-corrected chi connectivity index (χ3v) is 5.09. The van der Waals surface area contributed by atoms with Crippen LogP contribution >= 0.6 is 0 Å². The zero-order valence-electron chi connectivity index (χ0n) is 15.9. The minimum absolute atomic E-state index is 0.0891. The van der Waals surface area contributed by atoms with Gasteiger partial charge in [0, 0.05) is 12.1 Å².